The third-order valence-corrected chi connectivity index (χ3v) is 2.11. The highest BCUT2D eigenvalue weighted by atomic mass is 14.8. The molecule has 0 unspecified atom stereocenters. The maximum absolute atomic E-state index is 5.76. The Morgan fingerprint density at radius 2 is 2.43 bits per heavy atom. The molecule has 0 spiro atoms. The molecule has 0 bridgehead atoms. The first-order chi connectivity index (χ1) is 6.75. The second kappa shape index (κ2) is 5.40. The number of hydrogen-bond acceptors (Lipinski definition) is 3. The summed E-state index contributed by atoms with van der Waals surface area (Å²) in [5, 5.41) is 3.10. The van der Waals surface area contributed by atoms with Crippen LogP contribution >= 0.6 is 0 Å². The number of nitrogens with zero attached hydrogens (tertiary/aromatic N) is 1. The van der Waals surface area contributed by atoms with Crippen molar-refractivity contribution >= 4 is 11.4 Å². The van der Waals surface area contributed by atoms with E-state index in [1.54, 1.807) is 6.20 Å². The number of anilines is 1. The van der Waals surface area contributed by atoms with E-state index in [1.165, 1.54) is 5.57 Å². The molecule has 0 aliphatic heterocycles. The maximum Gasteiger partial charge on any atom is 0.130 e. The Kier molecular flexibility index (Phi) is 4.13. The van der Waals surface area contributed by atoms with Gasteiger partial charge in [-0.25, -0.2) is 4.98 Å². The molecule has 3 heteroatoms. The lowest BCUT2D eigenvalue weighted by atomic mass is 10.1. The van der Waals surface area contributed by atoms with Crippen LogP contribution in [0, 0.1) is 0 Å². The second-order valence-corrected chi connectivity index (χ2v) is 3.22. The number of pyridine rings is 1. The topological polar surface area (TPSA) is 50.9 Å². The Balaban J connectivity index is 2.73. The van der Waals surface area contributed by atoms with Gasteiger partial charge in [0.2, 0.25) is 0 Å². The zero-order valence-electron chi connectivity index (χ0n) is 8.75. The van der Waals surface area contributed by atoms with Crippen molar-refractivity contribution in [3.8, 4) is 0 Å². The van der Waals surface area contributed by atoms with Crippen LogP contribution in [-0.2, 0) is 0 Å². The molecule has 0 aliphatic rings. The van der Waals surface area contributed by atoms with E-state index in [4.69, 9.17) is 5.73 Å². The van der Waals surface area contributed by atoms with Crippen LogP contribution in [-0.4, -0.2) is 18.6 Å². The standard InChI is InChI=1S/C11H17N3/c1-9(5-3-7-13-2)10-6-4-8-14-11(10)12/h4-6,8,13H,3,7H2,1-2H3,(H2,12,14). The molecule has 0 amide bonds. The first kappa shape index (κ1) is 10.7. The summed E-state index contributed by atoms with van der Waals surface area (Å²) < 4.78 is 0. The van der Waals surface area contributed by atoms with Gasteiger partial charge in [0.15, 0.2) is 0 Å². The number of nitrogens with one attached hydrogen (secondary N) is 1. The minimum absolute atomic E-state index is 0.603. The molecule has 1 aromatic rings. The quantitative estimate of drug-likeness (QED) is 0.712. The Morgan fingerprint density at radius 3 is 3.07 bits per heavy atom. The lowest BCUT2D eigenvalue weighted by molar-refractivity contribution is 0.808. The molecule has 76 valence electrons. The minimum Gasteiger partial charge on any atom is -0.383 e. The molecule has 3 nitrogen and oxygen atoms in total. The van der Waals surface area contributed by atoms with Gasteiger partial charge in [0.05, 0.1) is 0 Å². The lowest BCUT2D eigenvalue weighted by Crippen LogP contribution is -2.06. The Morgan fingerprint density at radius 1 is 1.64 bits per heavy atom. The second-order valence-electron chi connectivity index (χ2n) is 3.22. The predicted octanol–water partition coefficient (Wildman–Crippen LogP) is 1.68. The van der Waals surface area contributed by atoms with E-state index in [0.29, 0.717) is 5.82 Å². The van der Waals surface area contributed by atoms with Gasteiger partial charge in [-0.15, -0.1) is 0 Å². The number of aromatic nitrogens is 1. The molecule has 0 fully saturated rings. The highest BCUT2D eigenvalue weighted by molar-refractivity contribution is 5.71. The van der Waals surface area contributed by atoms with Gasteiger partial charge in [0, 0.05) is 11.8 Å². The van der Waals surface area contributed by atoms with Crippen LogP contribution in [0.5, 0.6) is 0 Å². The number of allylic oxidation sites excluding steroid dienone is 1. The molecular formula is C11H17N3. The van der Waals surface area contributed by atoms with E-state index in [2.05, 4.69) is 23.3 Å². The molecule has 1 heterocycles. The Bertz CT molecular complexity index is 318. The van der Waals surface area contributed by atoms with Crippen LogP contribution in [0.2, 0.25) is 0 Å². The third-order valence-electron chi connectivity index (χ3n) is 2.11. The molecule has 0 aliphatic carbocycles. The van der Waals surface area contributed by atoms with Crippen LogP contribution in [0.4, 0.5) is 5.82 Å². The van der Waals surface area contributed by atoms with Gasteiger partial charge >= 0.3 is 0 Å². The average molecular weight is 191 g/mol. The average Bonchev–Trinajstić information content (AvgIpc) is 2.18. The van der Waals surface area contributed by atoms with Crippen molar-refractivity contribution in [3.05, 3.63) is 30.0 Å². The van der Waals surface area contributed by atoms with Crippen LogP contribution in [0.3, 0.4) is 0 Å². The van der Waals surface area contributed by atoms with Crippen molar-refractivity contribution < 1.29 is 0 Å². The van der Waals surface area contributed by atoms with Gasteiger partial charge in [0.25, 0.3) is 0 Å². The molecule has 0 saturated heterocycles. The summed E-state index contributed by atoms with van der Waals surface area (Å²) in [6, 6.07) is 3.90. The smallest absolute Gasteiger partial charge is 0.130 e. The summed E-state index contributed by atoms with van der Waals surface area (Å²) in [6.07, 6.45) is 4.89. The first-order valence-corrected chi connectivity index (χ1v) is 4.78. The Hall–Kier alpha value is -1.35. The van der Waals surface area contributed by atoms with Crippen molar-refractivity contribution in [2.75, 3.05) is 19.3 Å². The summed E-state index contributed by atoms with van der Waals surface area (Å²) in [6.45, 7) is 3.04. The van der Waals surface area contributed by atoms with E-state index < -0.39 is 0 Å². The molecule has 0 saturated carbocycles. The van der Waals surface area contributed by atoms with Crippen molar-refractivity contribution in [2.24, 2.45) is 0 Å². The van der Waals surface area contributed by atoms with E-state index in [-0.39, 0.29) is 0 Å². The van der Waals surface area contributed by atoms with Gasteiger partial charge in [-0.1, -0.05) is 6.08 Å². The Labute approximate surface area is 85.0 Å². The number of nitrogens with two attached hydrogens (primary N) is 1. The van der Waals surface area contributed by atoms with Crippen LogP contribution < -0.4 is 11.1 Å². The molecule has 1 aromatic heterocycles. The molecule has 0 radical (unpaired) electrons. The SMILES string of the molecule is CNCCC=C(C)c1cccnc1N. The molecule has 0 aromatic carbocycles. The van der Waals surface area contributed by atoms with E-state index in [1.807, 2.05) is 19.2 Å². The summed E-state index contributed by atoms with van der Waals surface area (Å²) in [7, 11) is 1.95. The number of hydrogen-bond donors (Lipinski definition) is 2. The van der Waals surface area contributed by atoms with E-state index >= 15 is 0 Å². The minimum atomic E-state index is 0.603. The molecular weight excluding hydrogens is 174 g/mol. The molecule has 3 N–H and O–H groups in total. The summed E-state index contributed by atoms with van der Waals surface area (Å²) >= 11 is 0. The van der Waals surface area contributed by atoms with Gasteiger partial charge in [-0.05, 0) is 44.6 Å². The first-order valence-electron chi connectivity index (χ1n) is 4.78. The summed E-state index contributed by atoms with van der Waals surface area (Å²) in [5.74, 6) is 0.603. The van der Waals surface area contributed by atoms with Crippen molar-refractivity contribution in [2.45, 2.75) is 13.3 Å². The van der Waals surface area contributed by atoms with Crippen molar-refractivity contribution in [3.63, 3.8) is 0 Å². The third kappa shape index (κ3) is 2.85. The molecule has 1 rings (SSSR count). The summed E-state index contributed by atoms with van der Waals surface area (Å²) in [4.78, 5) is 4.05. The van der Waals surface area contributed by atoms with E-state index in [0.717, 1.165) is 18.5 Å². The van der Waals surface area contributed by atoms with Crippen LogP contribution in [0.15, 0.2) is 24.4 Å². The van der Waals surface area contributed by atoms with Gasteiger partial charge in [0.1, 0.15) is 5.82 Å². The maximum atomic E-state index is 5.76. The van der Waals surface area contributed by atoms with E-state index in [9.17, 15) is 0 Å². The number of rotatable bonds is 4. The highest BCUT2D eigenvalue weighted by Gasteiger charge is 1.99. The fourth-order valence-corrected chi connectivity index (χ4v) is 1.29. The van der Waals surface area contributed by atoms with Crippen molar-refractivity contribution in [1.29, 1.82) is 0 Å². The van der Waals surface area contributed by atoms with Gasteiger partial charge in [-0.2, -0.15) is 0 Å². The van der Waals surface area contributed by atoms with Gasteiger partial charge < -0.3 is 11.1 Å². The van der Waals surface area contributed by atoms with Crippen LogP contribution in [0.1, 0.15) is 18.9 Å². The fraction of sp³-hybridized carbons (Fsp3) is 0.364. The predicted molar refractivity (Wildman–Crippen MR) is 60.8 cm³/mol. The largest absolute Gasteiger partial charge is 0.383 e. The normalized spacial score (nSPS) is 11.7. The number of nitrogen functional groups attached to an aromatic ring is 1. The molecule has 0 atom stereocenters. The summed E-state index contributed by atoms with van der Waals surface area (Å²) in [5.41, 5.74) is 7.98. The van der Waals surface area contributed by atoms with Crippen molar-refractivity contribution in [1.82, 2.24) is 10.3 Å². The fourth-order valence-electron chi connectivity index (χ4n) is 1.29. The monoisotopic (exact) mass is 191 g/mol. The van der Waals surface area contributed by atoms with Gasteiger partial charge in [-0.3, -0.25) is 0 Å². The van der Waals surface area contributed by atoms with Crippen LogP contribution in [0.25, 0.3) is 5.57 Å². The highest BCUT2D eigenvalue weighted by Crippen LogP contribution is 2.18. The molecule has 14 heavy (non-hydrogen) atoms. The zero-order chi connectivity index (χ0) is 10.4. The zero-order valence-corrected chi connectivity index (χ0v) is 8.75. The lowest BCUT2D eigenvalue weighted by Gasteiger charge is -2.04.